The molecule has 3 nitrogen and oxygen atoms in total. The summed E-state index contributed by atoms with van der Waals surface area (Å²) in [6.07, 6.45) is 1.80. The molecule has 0 saturated heterocycles. The van der Waals surface area contributed by atoms with Gasteiger partial charge in [-0.1, -0.05) is 54.3 Å². The Labute approximate surface area is 116 Å². The number of benzene rings is 1. The number of rotatable bonds is 4. The topological polar surface area (TPSA) is 38.3 Å². The van der Waals surface area contributed by atoms with Crippen LogP contribution in [0.2, 0.25) is 0 Å². The Kier molecular flexibility index (Phi) is 4.78. The van der Waals surface area contributed by atoms with E-state index in [-0.39, 0.29) is 5.97 Å². The molecule has 0 radical (unpaired) electrons. The minimum atomic E-state index is -0.228. The Balaban J connectivity index is 1.71. The van der Waals surface area contributed by atoms with E-state index in [1.54, 1.807) is 6.08 Å². The molecule has 1 aliphatic heterocycles. The molecule has 18 heavy (non-hydrogen) atoms. The molecule has 0 bridgehead atoms. The van der Waals surface area contributed by atoms with Crippen LogP contribution in [0, 0.1) is 0 Å². The van der Waals surface area contributed by atoms with Gasteiger partial charge in [-0.2, -0.15) is 0 Å². The molecule has 0 amide bonds. The van der Waals surface area contributed by atoms with Crippen LogP contribution in [0.1, 0.15) is 5.56 Å². The van der Waals surface area contributed by atoms with E-state index in [1.165, 1.54) is 17.3 Å². The van der Waals surface area contributed by atoms with Gasteiger partial charge in [0.05, 0.1) is 0 Å². The number of ether oxygens (including phenoxy) is 1. The van der Waals surface area contributed by atoms with Crippen LogP contribution in [0.25, 0.3) is 0 Å². The van der Waals surface area contributed by atoms with Crippen molar-refractivity contribution in [1.29, 1.82) is 0 Å². The molecule has 0 aromatic heterocycles. The number of thiocarbonyl (C=S) groups is 1. The van der Waals surface area contributed by atoms with Crippen LogP contribution in [-0.2, 0) is 16.1 Å². The van der Waals surface area contributed by atoms with Crippen molar-refractivity contribution in [2.24, 2.45) is 0 Å². The Bertz CT molecular complexity index is 471. The van der Waals surface area contributed by atoms with Crippen molar-refractivity contribution in [1.82, 2.24) is 5.32 Å². The number of thioether (sulfide) groups is 1. The molecule has 0 atom stereocenters. The second kappa shape index (κ2) is 6.56. The summed E-state index contributed by atoms with van der Waals surface area (Å²) in [4.78, 5) is 11.2. The fraction of sp³-hybridized carbons (Fsp3) is 0.231. The number of carbonyl (C=O) groups is 1. The molecule has 0 spiro atoms. The number of nitrogens with one attached hydrogen (secondary N) is 1. The van der Waals surface area contributed by atoms with Crippen LogP contribution >= 0.6 is 24.0 Å². The summed E-state index contributed by atoms with van der Waals surface area (Å²) < 4.78 is 5.51. The van der Waals surface area contributed by atoms with Crippen molar-refractivity contribution >= 4 is 34.3 Å². The number of cyclic esters (lactones) is 1. The number of hydrogen-bond acceptors (Lipinski definition) is 4. The van der Waals surface area contributed by atoms with Crippen LogP contribution in [0.15, 0.2) is 42.0 Å². The standard InChI is InChI=1S/C13H13NO2S2/c15-12-11(6-7-16-12)9-18-13(17)14-8-10-4-2-1-3-5-10/h1-6H,7-9H2,(H,14,17). The van der Waals surface area contributed by atoms with Gasteiger partial charge in [0.25, 0.3) is 0 Å². The van der Waals surface area contributed by atoms with Gasteiger partial charge in [0, 0.05) is 17.9 Å². The molecular formula is C13H13NO2S2. The predicted octanol–water partition coefficient (Wildman–Crippen LogP) is 2.28. The van der Waals surface area contributed by atoms with Gasteiger partial charge >= 0.3 is 5.97 Å². The lowest BCUT2D eigenvalue weighted by Crippen LogP contribution is -2.18. The zero-order valence-corrected chi connectivity index (χ0v) is 11.4. The third-order valence-corrected chi connectivity index (χ3v) is 3.80. The Morgan fingerprint density at radius 1 is 1.39 bits per heavy atom. The second-order valence-electron chi connectivity index (χ2n) is 3.74. The average molecular weight is 279 g/mol. The average Bonchev–Trinajstić information content (AvgIpc) is 2.81. The second-order valence-corrected chi connectivity index (χ2v) is 5.40. The van der Waals surface area contributed by atoms with E-state index in [4.69, 9.17) is 17.0 Å². The molecule has 5 heteroatoms. The third-order valence-electron chi connectivity index (χ3n) is 2.44. The molecule has 1 heterocycles. The highest BCUT2D eigenvalue weighted by atomic mass is 32.2. The predicted molar refractivity (Wildman–Crippen MR) is 77.4 cm³/mol. The summed E-state index contributed by atoms with van der Waals surface area (Å²) in [5.74, 6) is 0.341. The van der Waals surface area contributed by atoms with E-state index in [0.717, 1.165) is 0 Å². The maximum absolute atomic E-state index is 11.2. The van der Waals surface area contributed by atoms with Gasteiger partial charge in [-0.15, -0.1) is 0 Å². The molecule has 2 rings (SSSR count). The van der Waals surface area contributed by atoms with Crippen molar-refractivity contribution < 1.29 is 9.53 Å². The molecule has 1 aromatic carbocycles. The highest BCUT2D eigenvalue weighted by Crippen LogP contribution is 2.14. The molecule has 0 saturated carbocycles. The van der Waals surface area contributed by atoms with Gasteiger partial charge in [-0.25, -0.2) is 4.79 Å². The number of esters is 1. The Hall–Kier alpha value is -1.33. The summed E-state index contributed by atoms with van der Waals surface area (Å²) in [5.41, 5.74) is 1.88. The zero-order chi connectivity index (χ0) is 12.8. The van der Waals surface area contributed by atoms with Gasteiger partial charge in [0.1, 0.15) is 10.9 Å². The minimum Gasteiger partial charge on any atom is -0.458 e. The van der Waals surface area contributed by atoms with E-state index in [9.17, 15) is 4.79 Å². The van der Waals surface area contributed by atoms with Crippen LogP contribution in [-0.4, -0.2) is 22.6 Å². The van der Waals surface area contributed by atoms with E-state index in [0.29, 0.717) is 28.8 Å². The molecule has 1 aromatic rings. The first-order chi connectivity index (χ1) is 8.75. The summed E-state index contributed by atoms with van der Waals surface area (Å²) in [5, 5.41) is 3.15. The highest BCUT2D eigenvalue weighted by Gasteiger charge is 2.16. The molecular weight excluding hydrogens is 266 g/mol. The quantitative estimate of drug-likeness (QED) is 0.676. The van der Waals surface area contributed by atoms with E-state index < -0.39 is 0 Å². The van der Waals surface area contributed by atoms with Crippen molar-refractivity contribution in [2.45, 2.75) is 6.54 Å². The summed E-state index contributed by atoms with van der Waals surface area (Å²) in [6, 6.07) is 10.0. The first-order valence-corrected chi connectivity index (χ1v) is 6.96. The lowest BCUT2D eigenvalue weighted by Gasteiger charge is -2.07. The molecule has 0 fully saturated rings. The molecule has 1 N–H and O–H groups in total. The van der Waals surface area contributed by atoms with Crippen LogP contribution in [0.3, 0.4) is 0 Å². The monoisotopic (exact) mass is 279 g/mol. The van der Waals surface area contributed by atoms with Crippen LogP contribution in [0.4, 0.5) is 0 Å². The summed E-state index contributed by atoms with van der Waals surface area (Å²) in [6.45, 7) is 1.09. The van der Waals surface area contributed by atoms with Gasteiger partial charge in [0.15, 0.2) is 0 Å². The van der Waals surface area contributed by atoms with E-state index in [1.807, 2.05) is 30.3 Å². The van der Waals surface area contributed by atoms with Crippen molar-refractivity contribution in [3.05, 3.63) is 47.5 Å². The zero-order valence-electron chi connectivity index (χ0n) is 9.72. The molecule has 0 unspecified atom stereocenters. The lowest BCUT2D eigenvalue weighted by molar-refractivity contribution is -0.135. The van der Waals surface area contributed by atoms with Crippen molar-refractivity contribution in [2.75, 3.05) is 12.4 Å². The van der Waals surface area contributed by atoms with E-state index in [2.05, 4.69) is 5.32 Å². The first-order valence-electron chi connectivity index (χ1n) is 5.56. The fourth-order valence-corrected chi connectivity index (χ4v) is 2.42. The largest absolute Gasteiger partial charge is 0.458 e. The Morgan fingerprint density at radius 2 is 2.17 bits per heavy atom. The van der Waals surface area contributed by atoms with Crippen molar-refractivity contribution in [3.63, 3.8) is 0 Å². The van der Waals surface area contributed by atoms with Gasteiger partial charge < -0.3 is 10.1 Å². The maximum Gasteiger partial charge on any atom is 0.334 e. The number of carbonyl (C=O) groups excluding carboxylic acids is 1. The van der Waals surface area contributed by atoms with E-state index >= 15 is 0 Å². The molecule has 1 aliphatic rings. The highest BCUT2D eigenvalue weighted by molar-refractivity contribution is 8.23. The molecule has 0 aliphatic carbocycles. The number of hydrogen-bond donors (Lipinski definition) is 1. The van der Waals surface area contributed by atoms with Gasteiger partial charge in [-0.3, -0.25) is 0 Å². The van der Waals surface area contributed by atoms with Crippen molar-refractivity contribution in [3.8, 4) is 0 Å². The van der Waals surface area contributed by atoms with Crippen LogP contribution < -0.4 is 5.32 Å². The summed E-state index contributed by atoms with van der Waals surface area (Å²) in [7, 11) is 0. The lowest BCUT2D eigenvalue weighted by atomic mass is 10.2. The smallest absolute Gasteiger partial charge is 0.334 e. The third kappa shape index (κ3) is 3.85. The fourth-order valence-electron chi connectivity index (χ4n) is 1.48. The summed E-state index contributed by atoms with van der Waals surface area (Å²) >= 11 is 6.65. The van der Waals surface area contributed by atoms with Gasteiger partial charge in [-0.05, 0) is 11.6 Å². The SMILES string of the molecule is O=C1OCC=C1CSC(=S)NCc1ccccc1. The minimum absolute atomic E-state index is 0.228. The molecule has 94 valence electrons. The normalized spacial score (nSPS) is 14.0. The maximum atomic E-state index is 11.2. The van der Waals surface area contributed by atoms with Gasteiger partial charge in [0.2, 0.25) is 0 Å². The Morgan fingerprint density at radius 3 is 2.83 bits per heavy atom. The first kappa shape index (κ1) is 13.1. The van der Waals surface area contributed by atoms with Crippen LogP contribution in [0.5, 0.6) is 0 Å².